The van der Waals surface area contributed by atoms with E-state index in [0.717, 1.165) is 18.1 Å². The second-order valence-electron chi connectivity index (χ2n) is 6.40. The van der Waals surface area contributed by atoms with Crippen LogP contribution >= 0.6 is 0 Å². The summed E-state index contributed by atoms with van der Waals surface area (Å²) in [5.41, 5.74) is -0.612. The monoisotopic (exact) mass is 344 g/mol. The largest absolute Gasteiger partial charge is 0.465 e. The summed E-state index contributed by atoms with van der Waals surface area (Å²) in [4.78, 5) is 2.23. The quantitative estimate of drug-likeness (QED) is 0.793. The first-order valence-corrected chi connectivity index (χ1v) is 9.66. The van der Waals surface area contributed by atoms with Gasteiger partial charge in [-0.2, -0.15) is 4.31 Å². The topological polar surface area (TPSA) is 72.2 Å². The minimum atomic E-state index is -3.26. The van der Waals surface area contributed by atoms with Gasteiger partial charge < -0.3 is 13.9 Å². The van der Waals surface area contributed by atoms with Crippen molar-refractivity contribution in [2.75, 3.05) is 52.3 Å². The normalized spacial score (nSPS) is 28.1. The third kappa shape index (κ3) is 4.13. The molecule has 0 aliphatic carbocycles. The van der Waals surface area contributed by atoms with Crippen LogP contribution < -0.4 is 0 Å². The second kappa shape index (κ2) is 6.52. The van der Waals surface area contributed by atoms with E-state index in [0.29, 0.717) is 46.0 Å². The van der Waals surface area contributed by atoms with Crippen LogP contribution in [0.5, 0.6) is 0 Å². The first-order chi connectivity index (χ1) is 10.9. The molecule has 1 spiro atoms. The molecule has 3 heterocycles. The van der Waals surface area contributed by atoms with Crippen molar-refractivity contribution in [1.82, 2.24) is 9.21 Å². The molecule has 0 bridgehead atoms. The lowest BCUT2D eigenvalue weighted by Gasteiger charge is -2.42. The fraction of sp³-hybridized carbons (Fsp3) is 0.733. The molecule has 0 amide bonds. The van der Waals surface area contributed by atoms with Crippen molar-refractivity contribution >= 4 is 10.0 Å². The molecule has 0 saturated carbocycles. The molecule has 23 heavy (non-hydrogen) atoms. The van der Waals surface area contributed by atoms with Crippen molar-refractivity contribution < 1.29 is 22.3 Å². The van der Waals surface area contributed by atoms with Crippen LogP contribution in [0.3, 0.4) is 0 Å². The summed E-state index contributed by atoms with van der Waals surface area (Å²) in [7, 11) is -3.26. The van der Waals surface area contributed by atoms with Crippen molar-refractivity contribution in [3.8, 4) is 0 Å². The average molecular weight is 344 g/mol. The zero-order valence-corrected chi connectivity index (χ0v) is 14.5. The lowest BCUT2D eigenvalue weighted by Crippen LogP contribution is -2.58. The highest BCUT2D eigenvalue weighted by Gasteiger charge is 2.42. The van der Waals surface area contributed by atoms with Gasteiger partial charge in [0.15, 0.2) is 0 Å². The molecule has 130 valence electrons. The Morgan fingerprint density at radius 2 is 2.04 bits per heavy atom. The van der Waals surface area contributed by atoms with Gasteiger partial charge in [-0.05, 0) is 19.1 Å². The summed E-state index contributed by atoms with van der Waals surface area (Å²) in [5.74, 6) is 1.80. The summed E-state index contributed by atoms with van der Waals surface area (Å²) in [5, 5.41) is 0. The van der Waals surface area contributed by atoms with Crippen molar-refractivity contribution in [3.63, 3.8) is 0 Å². The van der Waals surface area contributed by atoms with Gasteiger partial charge >= 0.3 is 0 Å². The van der Waals surface area contributed by atoms with Gasteiger partial charge in [0.2, 0.25) is 10.0 Å². The molecule has 0 N–H and O–H groups in total. The van der Waals surface area contributed by atoms with E-state index in [-0.39, 0.29) is 0 Å². The van der Waals surface area contributed by atoms with Gasteiger partial charge in [-0.1, -0.05) is 0 Å². The Balaban J connectivity index is 1.72. The summed E-state index contributed by atoms with van der Waals surface area (Å²) in [6, 6.07) is 3.93. The molecule has 1 aromatic rings. The maximum Gasteiger partial charge on any atom is 0.211 e. The Labute approximate surface area is 137 Å². The van der Waals surface area contributed by atoms with E-state index in [2.05, 4.69) is 4.90 Å². The van der Waals surface area contributed by atoms with Gasteiger partial charge in [0.05, 0.1) is 32.6 Å². The molecule has 0 radical (unpaired) electrons. The first kappa shape index (κ1) is 16.9. The molecule has 2 aliphatic rings. The SMILES string of the molecule is Cc1ccc(CN2CCO[C@@]3(COCCN(S(C)(=O)=O)C3)C2)o1. The first-order valence-electron chi connectivity index (χ1n) is 7.81. The molecule has 7 nitrogen and oxygen atoms in total. The average Bonchev–Trinajstić information content (AvgIpc) is 2.75. The maximum atomic E-state index is 11.9. The molecular weight excluding hydrogens is 320 g/mol. The highest BCUT2D eigenvalue weighted by atomic mass is 32.2. The van der Waals surface area contributed by atoms with Crippen molar-refractivity contribution in [1.29, 1.82) is 0 Å². The van der Waals surface area contributed by atoms with Gasteiger partial charge in [0.25, 0.3) is 0 Å². The fourth-order valence-electron chi connectivity index (χ4n) is 3.19. The maximum absolute atomic E-state index is 11.9. The van der Waals surface area contributed by atoms with Crippen LogP contribution in [0.15, 0.2) is 16.5 Å². The van der Waals surface area contributed by atoms with Gasteiger partial charge in [0, 0.05) is 26.2 Å². The Morgan fingerprint density at radius 3 is 2.74 bits per heavy atom. The summed E-state index contributed by atoms with van der Waals surface area (Å²) < 4.78 is 42.6. The number of ether oxygens (including phenoxy) is 2. The van der Waals surface area contributed by atoms with Gasteiger partial charge in [0.1, 0.15) is 17.1 Å². The Hall–Kier alpha value is -0.930. The Kier molecular flexibility index (Phi) is 4.80. The molecule has 2 fully saturated rings. The molecule has 3 rings (SSSR count). The van der Waals surface area contributed by atoms with Crippen molar-refractivity contribution in [2.45, 2.75) is 19.1 Å². The lowest BCUT2D eigenvalue weighted by molar-refractivity contribution is -0.140. The van der Waals surface area contributed by atoms with Gasteiger partial charge in [-0.3, -0.25) is 4.90 Å². The molecule has 0 aromatic carbocycles. The minimum Gasteiger partial charge on any atom is -0.465 e. The van der Waals surface area contributed by atoms with Crippen LogP contribution in [-0.2, 0) is 26.0 Å². The number of nitrogens with zero attached hydrogens (tertiary/aromatic N) is 2. The number of furan rings is 1. The number of aryl methyl sites for hydroxylation is 1. The highest BCUT2D eigenvalue weighted by molar-refractivity contribution is 7.88. The summed E-state index contributed by atoms with van der Waals surface area (Å²) in [6.45, 7) is 6.11. The molecule has 2 aliphatic heterocycles. The van der Waals surface area contributed by atoms with E-state index in [9.17, 15) is 8.42 Å². The highest BCUT2D eigenvalue weighted by Crippen LogP contribution is 2.25. The molecule has 1 atom stereocenters. The third-order valence-corrected chi connectivity index (χ3v) is 5.54. The Bertz CT molecular complexity index is 644. The summed E-state index contributed by atoms with van der Waals surface area (Å²) >= 11 is 0. The van der Waals surface area contributed by atoms with E-state index in [1.54, 1.807) is 0 Å². The van der Waals surface area contributed by atoms with Crippen LogP contribution in [-0.4, -0.2) is 75.5 Å². The zero-order chi connectivity index (χ0) is 16.5. The van der Waals surface area contributed by atoms with Crippen LogP contribution in [0.4, 0.5) is 0 Å². The van der Waals surface area contributed by atoms with E-state index in [1.807, 2.05) is 19.1 Å². The number of rotatable bonds is 3. The molecular formula is C15H24N2O5S. The van der Waals surface area contributed by atoms with Crippen molar-refractivity contribution in [3.05, 3.63) is 23.7 Å². The van der Waals surface area contributed by atoms with Gasteiger partial charge in [-0.15, -0.1) is 0 Å². The number of hydrogen-bond acceptors (Lipinski definition) is 6. The predicted octanol–water partition coefficient (Wildman–Crippen LogP) is 0.451. The fourth-order valence-corrected chi connectivity index (χ4v) is 4.06. The minimum absolute atomic E-state index is 0.333. The third-order valence-electron chi connectivity index (χ3n) is 4.29. The van der Waals surface area contributed by atoms with E-state index >= 15 is 0 Å². The van der Waals surface area contributed by atoms with Crippen molar-refractivity contribution in [2.24, 2.45) is 0 Å². The van der Waals surface area contributed by atoms with Gasteiger partial charge in [-0.25, -0.2) is 8.42 Å². The van der Waals surface area contributed by atoms with E-state index < -0.39 is 15.6 Å². The molecule has 8 heteroatoms. The van der Waals surface area contributed by atoms with Crippen LogP contribution in [0, 0.1) is 6.92 Å². The van der Waals surface area contributed by atoms with E-state index in [1.165, 1.54) is 10.6 Å². The lowest BCUT2D eigenvalue weighted by atomic mass is 10.0. The standard InChI is InChI=1S/C15H24N2O5S/c1-13-3-4-14(22-13)9-16-5-8-21-15(10-16)11-17(23(2,18)19)6-7-20-12-15/h3-4H,5-12H2,1-2H3/t15-/m0/s1. The summed E-state index contributed by atoms with van der Waals surface area (Å²) in [6.07, 6.45) is 1.23. The molecule has 2 saturated heterocycles. The van der Waals surface area contributed by atoms with Crippen LogP contribution in [0.1, 0.15) is 11.5 Å². The zero-order valence-electron chi connectivity index (χ0n) is 13.7. The predicted molar refractivity (Wildman–Crippen MR) is 84.6 cm³/mol. The second-order valence-corrected chi connectivity index (χ2v) is 8.39. The molecule has 1 aromatic heterocycles. The smallest absolute Gasteiger partial charge is 0.211 e. The number of hydrogen-bond donors (Lipinski definition) is 0. The number of sulfonamides is 1. The van der Waals surface area contributed by atoms with E-state index in [4.69, 9.17) is 13.9 Å². The van der Waals surface area contributed by atoms with Crippen LogP contribution in [0.25, 0.3) is 0 Å². The number of morpholine rings is 1. The molecule has 0 unspecified atom stereocenters. The van der Waals surface area contributed by atoms with Crippen LogP contribution in [0.2, 0.25) is 0 Å². The Morgan fingerprint density at radius 1 is 1.22 bits per heavy atom.